The number of hydrogen-bond acceptors (Lipinski definition) is 3. The van der Waals surface area contributed by atoms with Crippen LogP contribution in [0, 0.1) is 17.5 Å². The molecule has 0 radical (unpaired) electrons. The van der Waals surface area contributed by atoms with Gasteiger partial charge >= 0.3 is 0 Å². The van der Waals surface area contributed by atoms with E-state index < -0.39 is 33.4 Å². The van der Waals surface area contributed by atoms with Crippen LogP contribution < -0.4 is 0 Å². The van der Waals surface area contributed by atoms with Gasteiger partial charge in [0.25, 0.3) is 0 Å². The molecule has 0 saturated heterocycles. The molecule has 0 saturated carbocycles. The van der Waals surface area contributed by atoms with Crippen molar-refractivity contribution in [1.82, 2.24) is 0 Å². The molecule has 0 aliphatic heterocycles. The Labute approximate surface area is 110 Å². The fraction of sp³-hybridized carbons (Fsp3) is 0.500. The van der Waals surface area contributed by atoms with Crippen molar-refractivity contribution in [2.75, 3.05) is 11.5 Å². The molecule has 19 heavy (non-hydrogen) atoms. The SMILES string of the molecule is CCS(=O)(=O)CCCC(O)c1cc(F)c(F)c(F)c1. The van der Waals surface area contributed by atoms with Crippen molar-refractivity contribution in [3.05, 3.63) is 35.1 Å². The van der Waals surface area contributed by atoms with Crippen molar-refractivity contribution < 1.29 is 26.7 Å². The highest BCUT2D eigenvalue weighted by Crippen LogP contribution is 2.22. The first-order chi connectivity index (χ1) is 8.76. The molecule has 108 valence electrons. The largest absolute Gasteiger partial charge is 0.388 e. The van der Waals surface area contributed by atoms with E-state index >= 15 is 0 Å². The average Bonchev–Trinajstić information content (AvgIpc) is 2.35. The van der Waals surface area contributed by atoms with E-state index in [1.165, 1.54) is 6.92 Å². The maximum atomic E-state index is 12.9. The highest BCUT2D eigenvalue weighted by atomic mass is 32.2. The summed E-state index contributed by atoms with van der Waals surface area (Å²) in [6, 6.07) is 1.41. The van der Waals surface area contributed by atoms with Gasteiger partial charge in [0.05, 0.1) is 11.9 Å². The molecular weight excluding hydrogens is 281 g/mol. The molecule has 1 atom stereocenters. The maximum Gasteiger partial charge on any atom is 0.194 e. The molecule has 7 heteroatoms. The van der Waals surface area contributed by atoms with Gasteiger partial charge in [-0.05, 0) is 30.5 Å². The summed E-state index contributed by atoms with van der Waals surface area (Å²) in [5, 5.41) is 9.68. The minimum absolute atomic E-state index is 0.00288. The van der Waals surface area contributed by atoms with Crippen LogP contribution in [0.25, 0.3) is 0 Å². The van der Waals surface area contributed by atoms with Crippen LogP contribution in [0.3, 0.4) is 0 Å². The van der Waals surface area contributed by atoms with Crippen LogP contribution in [-0.2, 0) is 9.84 Å². The average molecular weight is 296 g/mol. The minimum atomic E-state index is -3.14. The number of aliphatic hydroxyl groups is 1. The lowest BCUT2D eigenvalue weighted by Crippen LogP contribution is -2.10. The van der Waals surface area contributed by atoms with E-state index in [1.54, 1.807) is 0 Å². The number of rotatable bonds is 6. The first-order valence-corrected chi connectivity index (χ1v) is 7.62. The maximum absolute atomic E-state index is 12.9. The number of sulfone groups is 1. The molecule has 0 aromatic heterocycles. The lowest BCUT2D eigenvalue weighted by atomic mass is 10.0. The van der Waals surface area contributed by atoms with Crippen LogP contribution in [0.5, 0.6) is 0 Å². The molecule has 0 fully saturated rings. The Bertz CT molecular complexity index is 520. The number of halogens is 3. The number of hydrogen-bond donors (Lipinski definition) is 1. The van der Waals surface area contributed by atoms with E-state index in [2.05, 4.69) is 0 Å². The molecule has 0 heterocycles. The summed E-state index contributed by atoms with van der Waals surface area (Å²) in [4.78, 5) is 0. The molecule has 1 N–H and O–H groups in total. The molecular formula is C12H15F3O3S. The summed E-state index contributed by atoms with van der Waals surface area (Å²) in [7, 11) is -3.14. The van der Waals surface area contributed by atoms with E-state index in [0.717, 1.165) is 0 Å². The van der Waals surface area contributed by atoms with Crippen molar-refractivity contribution in [2.45, 2.75) is 25.9 Å². The van der Waals surface area contributed by atoms with E-state index in [4.69, 9.17) is 0 Å². The number of benzene rings is 1. The Hall–Kier alpha value is -1.08. The highest BCUT2D eigenvalue weighted by molar-refractivity contribution is 7.91. The zero-order valence-electron chi connectivity index (χ0n) is 10.4. The fourth-order valence-corrected chi connectivity index (χ4v) is 2.47. The summed E-state index contributed by atoms with van der Waals surface area (Å²) in [5.74, 6) is -4.45. The second-order valence-corrected chi connectivity index (χ2v) is 6.67. The van der Waals surface area contributed by atoms with Crippen LogP contribution in [0.15, 0.2) is 12.1 Å². The molecule has 0 aliphatic carbocycles. The van der Waals surface area contributed by atoms with E-state index in [-0.39, 0.29) is 29.9 Å². The minimum Gasteiger partial charge on any atom is -0.388 e. The first-order valence-electron chi connectivity index (χ1n) is 5.79. The van der Waals surface area contributed by atoms with E-state index in [0.29, 0.717) is 12.1 Å². The molecule has 3 nitrogen and oxygen atoms in total. The third-order valence-electron chi connectivity index (χ3n) is 2.76. The predicted octanol–water partition coefficient (Wildman–Crippen LogP) is 2.35. The summed E-state index contributed by atoms with van der Waals surface area (Å²) >= 11 is 0. The fourth-order valence-electron chi connectivity index (χ4n) is 1.58. The summed E-state index contributed by atoms with van der Waals surface area (Å²) in [5.41, 5.74) is -0.106. The van der Waals surface area contributed by atoms with Gasteiger partial charge in [-0.2, -0.15) is 0 Å². The molecule has 0 amide bonds. The highest BCUT2D eigenvalue weighted by Gasteiger charge is 2.16. The second kappa shape index (κ2) is 6.38. The van der Waals surface area contributed by atoms with Gasteiger partial charge in [-0.25, -0.2) is 21.6 Å². The first kappa shape index (κ1) is 16.0. The lowest BCUT2D eigenvalue weighted by Gasteiger charge is -2.11. The van der Waals surface area contributed by atoms with Crippen LogP contribution in [0.4, 0.5) is 13.2 Å². The standard InChI is InChI=1S/C12H15F3O3S/c1-2-19(17,18)5-3-4-11(16)8-6-9(13)12(15)10(14)7-8/h6-7,11,16H,2-5H2,1H3. The Morgan fingerprint density at radius 2 is 1.74 bits per heavy atom. The molecule has 1 rings (SSSR count). The molecule has 0 spiro atoms. The van der Waals surface area contributed by atoms with Gasteiger partial charge in [-0.1, -0.05) is 6.92 Å². The summed E-state index contributed by atoms with van der Waals surface area (Å²) in [6.07, 6.45) is -1.03. The third kappa shape index (κ3) is 4.50. The van der Waals surface area contributed by atoms with Gasteiger partial charge < -0.3 is 5.11 Å². The van der Waals surface area contributed by atoms with Gasteiger partial charge in [0.2, 0.25) is 0 Å². The van der Waals surface area contributed by atoms with Crippen molar-refractivity contribution in [3.63, 3.8) is 0 Å². The quantitative estimate of drug-likeness (QED) is 0.820. The van der Waals surface area contributed by atoms with Crippen LogP contribution >= 0.6 is 0 Å². The van der Waals surface area contributed by atoms with Crippen molar-refractivity contribution in [1.29, 1.82) is 0 Å². The third-order valence-corrected chi connectivity index (χ3v) is 4.55. The molecule has 0 bridgehead atoms. The van der Waals surface area contributed by atoms with Crippen LogP contribution in [-0.4, -0.2) is 25.0 Å². The Morgan fingerprint density at radius 3 is 2.21 bits per heavy atom. The normalized spacial score (nSPS) is 13.5. The smallest absolute Gasteiger partial charge is 0.194 e. The van der Waals surface area contributed by atoms with Gasteiger partial charge in [0, 0.05) is 5.75 Å². The monoisotopic (exact) mass is 296 g/mol. The molecule has 1 aromatic rings. The van der Waals surface area contributed by atoms with E-state index in [1.807, 2.05) is 0 Å². The number of aliphatic hydroxyl groups excluding tert-OH is 1. The Balaban J connectivity index is 2.67. The van der Waals surface area contributed by atoms with Crippen LogP contribution in [0.2, 0.25) is 0 Å². The lowest BCUT2D eigenvalue weighted by molar-refractivity contribution is 0.165. The Kier molecular flexibility index (Phi) is 5.37. The molecule has 1 unspecified atom stereocenters. The van der Waals surface area contributed by atoms with Gasteiger partial charge in [-0.15, -0.1) is 0 Å². The molecule has 1 aromatic carbocycles. The van der Waals surface area contributed by atoms with Gasteiger partial charge in [0.15, 0.2) is 17.5 Å². The zero-order chi connectivity index (χ0) is 14.6. The second-order valence-electron chi connectivity index (χ2n) is 4.19. The topological polar surface area (TPSA) is 54.4 Å². The van der Waals surface area contributed by atoms with Gasteiger partial charge in [0.1, 0.15) is 9.84 Å². The predicted molar refractivity (Wildman–Crippen MR) is 64.8 cm³/mol. The molecule has 0 aliphatic rings. The van der Waals surface area contributed by atoms with Crippen molar-refractivity contribution in [2.24, 2.45) is 0 Å². The van der Waals surface area contributed by atoms with E-state index in [9.17, 15) is 26.7 Å². The zero-order valence-corrected chi connectivity index (χ0v) is 11.2. The Morgan fingerprint density at radius 1 is 1.21 bits per heavy atom. The summed E-state index contributed by atoms with van der Waals surface area (Å²) in [6.45, 7) is 1.51. The van der Waals surface area contributed by atoms with Crippen molar-refractivity contribution >= 4 is 9.84 Å². The van der Waals surface area contributed by atoms with Crippen LogP contribution in [0.1, 0.15) is 31.4 Å². The van der Waals surface area contributed by atoms with Crippen molar-refractivity contribution in [3.8, 4) is 0 Å². The van der Waals surface area contributed by atoms with Gasteiger partial charge in [-0.3, -0.25) is 0 Å². The summed E-state index contributed by atoms with van der Waals surface area (Å²) < 4.78 is 61.0.